The van der Waals surface area contributed by atoms with Gasteiger partial charge in [-0.3, -0.25) is 9.78 Å². The third-order valence-electron chi connectivity index (χ3n) is 7.16. The summed E-state index contributed by atoms with van der Waals surface area (Å²) >= 11 is 0. The number of aromatic amines is 1. The first-order chi connectivity index (χ1) is 18.6. The highest BCUT2D eigenvalue weighted by atomic mass is 16.6. The Balaban J connectivity index is 1.47. The van der Waals surface area contributed by atoms with Crippen molar-refractivity contribution in [2.24, 2.45) is 0 Å². The van der Waals surface area contributed by atoms with Gasteiger partial charge in [0.05, 0.1) is 22.0 Å². The number of H-pyrrole nitrogens is 1. The van der Waals surface area contributed by atoms with Crippen LogP contribution in [0.25, 0.3) is 44.5 Å². The molecule has 3 aromatic carbocycles. The van der Waals surface area contributed by atoms with E-state index in [1.165, 1.54) is 0 Å². The lowest BCUT2D eigenvalue weighted by Crippen LogP contribution is -2.52. The highest BCUT2D eigenvalue weighted by molar-refractivity contribution is 6.01. The van der Waals surface area contributed by atoms with E-state index in [0.717, 1.165) is 24.8 Å². The third kappa shape index (κ3) is 4.41. The molecule has 0 bridgehead atoms. The van der Waals surface area contributed by atoms with Crippen molar-refractivity contribution in [3.63, 3.8) is 0 Å². The Morgan fingerprint density at radius 1 is 0.897 bits per heavy atom. The maximum Gasteiger partial charge on any atom is 0.417 e. The quantitative estimate of drug-likeness (QED) is 0.279. The molecule has 1 aliphatic rings. The van der Waals surface area contributed by atoms with E-state index in [2.05, 4.69) is 10.3 Å². The lowest BCUT2D eigenvalue weighted by Gasteiger charge is -2.43. The number of aromatic nitrogens is 1. The molecule has 1 aliphatic carbocycles. The van der Waals surface area contributed by atoms with Crippen LogP contribution in [0.3, 0.4) is 0 Å². The van der Waals surface area contributed by atoms with Crippen LogP contribution >= 0.6 is 0 Å². The number of hydrogen-bond donors (Lipinski definition) is 2. The summed E-state index contributed by atoms with van der Waals surface area (Å²) in [6, 6.07) is 20.3. The number of amides is 1. The zero-order valence-corrected chi connectivity index (χ0v) is 21.9. The van der Waals surface area contributed by atoms with Crippen LogP contribution in [0.4, 0.5) is 4.79 Å². The van der Waals surface area contributed by atoms with Gasteiger partial charge < -0.3 is 18.9 Å². The fraction of sp³-hybridized carbons (Fsp3) is 0.258. The summed E-state index contributed by atoms with van der Waals surface area (Å²) in [5, 5.41) is 3.38. The number of oxazole rings is 1. The van der Waals surface area contributed by atoms with Crippen molar-refractivity contribution in [1.29, 1.82) is 0 Å². The molecule has 1 saturated carbocycles. The molecular weight excluding hydrogens is 496 g/mol. The van der Waals surface area contributed by atoms with E-state index in [4.69, 9.17) is 13.6 Å². The normalized spacial score (nSPS) is 14.7. The molecule has 0 spiro atoms. The molecule has 0 saturated heterocycles. The molecule has 0 atom stereocenters. The monoisotopic (exact) mass is 524 g/mol. The zero-order valence-electron chi connectivity index (χ0n) is 21.9. The van der Waals surface area contributed by atoms with Crippen LogP contribution in [0.2, 0.25) is 0 Å². The molecule has 2 aromatic heterocycles. The molecule has 0 radical (unpaired) electrons. The Kier molecular flexibility index (Phi) is 5.71. The van der Waals surface area contributed by atoms with Gasteiger partial charge >= 0.3 is 11.8 Å². The van der Waals surface area contributed by atoms with E-state index < -0.39 is 23.0 Å². The van der Waals surface area contributed by atoms with Crippen molar-refractivity contribution in [3.05, 3.63) is 93.1 Å². The molecule has 0 aliphatic heterocycles. The first-order valence-corrected chi connectivity index (χ1v) is 12.9. The van der Waals surface area contributed by atoms with Gasteiger partial charge in [0.15, 0.2) is 11.2 Å². The summed E-state index contributed by atoms with van der Waals surface area (Å²) in [6.45, 7) is 5.51. The molecule has 2 heterocycles. The summed E-state index contributed by atoms with van der Waals surface area (Å²) in [5.41, 5.74) is 2.28. The number of nitrogens with one attached hydrogen (secondary N) is 2. The maximum absolute atomic E-state index is 13.9. The number of ether oxygens (including phenoxy) is 1. The molecule has 198 valence electrons. The van der Waals surface area contributed by atoms with E-state index in [1.807, 2.05) is 75.4 Å². The second kappa shape index (κ2) is 9.01. The van der Waals surface area contributed by atoms with Gasteiger partial charge in [-0.05, 0) is 63.3 Å². The standard InChI is InChI=1S/C31H28N2O6/c1-30(2,3)39-29(36)33-31(16-7-17-31)20-12-10-18(11-13-20)23-24(34)21-14-15-22-27(38-28(35)32-22)26(21)37-25(23)19-8-5-4-6-9-19/h4-6,8-15H,7,16-17H2,1-3H3,(H,32,35)(H,33,36). The molecular formula is C31H28N2O6. The fourth-order valence-electron chi connectivity index (χ4n) is 5.19. The number of hydrogen-bond acceptors (Lipinski definition) is 6. The van der Waals surface area contributed by atoms with Gasteiger partial charge in [-0.15, -0.1) is 0 Å². The first kappa shape index (κ1) is 24.7. The molecule has 2 N–H and O–H groups in total. The second-order valence-electron chi connectivity index (χ2n) is 11.0. The van der Waals surface area contributed by atoms with Crippen molar-refractivity contribution < 1.29 is 18.4 Å². The molecule has 1 fully saturated rings. The van der Waals surface area contributed by atoms with Gasteiger partial charge in [0.25, 0.3) is 0 Å². The lowest BCUT2D eigenvalue weighted by molar-refractivity contribution is 0.0377. The minimum Gasteiger partial charge on any atom is -0.451 e. The number of carbonyl (C=O) groups excluding carboxylic acids is 1. The topological polar surface area (TPSA) is 115 Å². The molecule has 0 unspecified atom stereocenters. The van der Waals surface area contributed by atoms with Crippen molar-refractivity contribution >= 4 is 28.2 Å². The predicted molar refractivity (Wildman–Crippen MR) is 149 cm³/mol. The predicted octanol–water partition coefficient (Wildman–Crippen LogP) is 6.47. The van der Waals surface area contributed by atoms with Crippen LogP contribution in [0.15, 0.2) is 85.2 Å². The van der Waals surface area contributed by atoms with Crippen LogP contribution in [0.1, 0.15) is 45.6 Å². The Hall–Kier alpha value is -4.59. The van der Waals surface area contributed by atoms with Crippen LogP contribution in [0.5, 0.6) is 0 Å². The van der Waals surface area contributed by atoms with E-state index in [9.17, 15) is 14.4 Å². The van der Waals surface area contributed by atoms with Crippen molar-refractivity contribution in [2.75, 3.05) is 0 Å². The number of alkyl carbamates (subject to hydrolysis) is 1. The Morgan fingerprint density at radius 2 is 1.62 bits per heavy atom. The zero-order chi connectivity index (χ0) is 27.4. The van der Waals surface area contributed by atoms with Gasteiger partial charge in [-0.25, -0.2) is 9.59 Å². The molecule has 39 heavy (non-hydrogen) atoms. The van der Waals surface area contributed by atoms with Crippen molar-refractivity contribution in [1.82, 2.24) is 10.3 Å². The van der Waals surface area contributed by atoms with Crippen LogP contribution in [-0.4, -0.2) is 16.7 Å². The van der Waals surface area contributed by atoms with Gasteiger partial charge in [0.2, 0.25) is 5.43 Å². The number of benzene rings is 3. The number of fused-ring (bicyclic) bond motifs is 3. The summed E-state index contributed by atoms with van der Waals surface area (Å²) in [7, 11) is 0. The van der Waals surface area contributed by atoms with Gasteiger partial charge in [-0.2, -0.15) is 0 Å². The largest absolute Gasteiger partial charge is 0.451 e. The average molecular weight is 525 g/mol. The summed E-state index contributed by atoms with van der Waals surface area (Å²) in [4.78, 5) is 41.0. The molecule has 8 heteroatoms. The summed E-state index contributed by atoms with van der Waals surface area (Å²) in [5.74, 6) is -0.242. The smallest absolute Gasteiger partial charge is 0.417 e. The van der Waals surface area contributed by atoms with Gasteiger partial charge in [-0.1, -0.05) is 54.6 Å². The van der Waals surface area contributed by atoms with E-state index in [0.29, 0.717) is 33.4 Å². The van der Waals surface area contributed by atoms with E-state index in [-0.39, 0.29) is 16.6 Å². The first-order valence-electron chi connectivity index (χ1n) is 12.9. The van der Waals surface area contributed by atoms with Gasteiger partial charge in [0.1, 0.15) is 11.4 Å². The Morgan fingerprint density at radius 3 is 2.26 bits per heavy atom. The molecule has 5 aromatic rings. The SMILES string of the molecule is CC(C)(C)OC(=O)NC1(c2ccc(-c3c(-c4ccccc4)oc4c(ccc5[nH]c(=O)oc54)c3=O)cc2)CCC1. The van der Waals surface area contributed by atoms with Crippen LogP contribution < -0.4 is 16.5 Å². The second-order valence-corrected chi connectivity index (χ2v) is 11.0. The van der Waals surface area contributed by atoms with E-state index >= 15 is 0 Å². The maximum atomic E-state index is 13.9. The minimum absolute atomic E-state index is 0.203. The van der Waals surface area contributed by atoms with Crippen LogP contribution in [0, 0.1) is 0 Å². The summed E-state index contributed by atoms with van der Waals surface area (Å²) in [6.07, 6.45) is 2.15. The number of carbonyl (C=O) groups is 1. The highest BCUT2D eigenvalue weighted by Crippen LogP contribution is 2.42. The lowest BCUT2D eigenvalue weighted by atomic mass is 9.71. The Labute approximate surface area is 223 Å². The third-order valence-corrected chi connectivity index (χ3v) is 7.16. The number of rotatable bonds is 4. The molecule has 6 rings (SSSR count). The summed E-state index contributed by atoms with van der Waals surface area (Å²) < 4.78 is 17.2. The Bertz CT molecular complexity index is 1820. The highest BCUT2D eigenvalue weighted by Gasteiger charge is 2.41. The fourth-order valence-corrected chi connectivity index (χ4v) is 5.19. The van der Waals surface area contributed by atoms with E-state index in [1.54, 1.807) is 12.1 Å². The van der Waals surface area contributed by atoms with Crippen LogP contribution in [-0.2, 0) is 10.3 Å². The van der Waals surface area contributed by atoms with Crippen molar-refractivity contribution in [3.8, 4) is 22.5 Å². The van der Waals surface area contributed by atoms with Crippen molar-refractivity contribution in [2.45, 2.75) is 51.2 Å². The molecule has 8 nitrogen and oxygen atoms in total. The molecule has 1 amide bonds. The van der Waals surface area contributed by atoms with Gasteiger partial charge in [0, 0.05) is 5.56 Å². The average Bonchev–Trinajstić information content (AvgIpc) is 3.26. The minimum atomic E-state index is -0.619.